The molecule has 1 unspecified atom stereocenters. The molecule has 2 aromatic carbocycles. The normalized spacial score (nSPS) is 18.5. The molecule has 0 aromatic heterocycles. The van der Waals surface area contributed by atoms with Crippen LogP contribution in [-0.2, 0) is 11.2 Å². The molecule has 1 aliphatic heterocycles. The summed E-state index contributed by atoms with van der Waals surface area (Å²) in [4.78, 5) is 15.0. The average Bonchev–Trinajstić information content (AvgIpc) is 2.71. The number of ether oxygens (including phenoxy) is 1. The smallest absolute Gasteiger partial charge is 0.248 e. The predicted molar refractivity (Wildman–Crippen MR) is 112 cm³/mol. The molecule has 0 saturated heterocycles. The second-order valence-electron chi connectivity index (χ2n) is 7.76. The number of hydrazone groups is 1. The van der Waals surface area contributed by atoms with Crippen LogP contribution in [0.1, 0.15) is 30.4 Å². The Labute approximate surface area is 166 Å². The summed E-state index contributed by atoms with van der Waals surface area (Å²) in [5, 5.41) is 6.38. The van der Waals surface area contributed by atoms with Crippen molar-refractivity contribution in [1.29, 1.82) is 0 Å². The molecule has 4 rings (SSSR count). The largest absolute Gasteiger partial charge is 0.491 e. The van der Waals surface area contributed by atoms with E-state index in [0.717, 1.165) is 37.2 Å². The van der Waals surface area contributed by atoms with Gasteiger partial charge in [-0.05, 0) is 51.1 Å². The first-order valence-electron chi connectivity index (χ1n) is 10.00. The van der Waals surface area contributed by atoms with Crippen molar-refractivity contribution in [3.05, 3.63) is 59.7 Å². The Morgan fingerprint density at radius 3 is 2.79 bits per heavy atom. The maximum atomic E-state index is 12.9. The molecule has 0 bridgehead atoms. The van der Waals surface area contributed by atoms with E-state index in [1.54, 1.807) is 5.01 Å². The number of para-hydroxylation sites is 2. The van der Waals surface area contributed by atoms with Crippen molar-refractivity contribution >= 4 is 17.3 Å². The predicted octanol–water partition coefficient (Wildman–Crippen LogP) is 3.72. The maximum absolute atomic E-state index is 12.9. The number of anilines is 1. The number of hydrogen-bond donors (Lipinski definition) is 0. The molecule has 146 valence electrons. The maximum Gasteiger partial charge on any atom is 0.248 e. The Bertz CT molecular complexity index is 891. The Morgan fingerprint density at radius 1 is 1.14 bits per heavy atom. The van der Waals surface area contributed by atoms with E-state index in [1.165, 1.54) is 11.1 Å². The third kappa shape index (κ3) is 3.80. The molecule has 5 nitrogen and oxygen atoms in total. The van der Waals surface area contributed by atoms with E-state index >= 15 is 0 Å². The van der Waals surface area contributed by atoms with E-state index in [-0.39, 0.29) is 11.8 Å². The Morgan fingerprint density at radius 2 is 1.93 bits per heavy atom. The van der Waals surface area contributed by atoms with Crippen molar-refractivity contribution in [3.8, 4) is 5.75 Å². The SMILES string of the molecule is CN(C)CCCOc1ccccc1N1N=C2c3ccccc3CCC2CC1=O. The van der Waals surface area contributed by atoms with Crippen LogP contribution in [-0.4, -0.2) is 43.8 Å². The van der Waals surface area contributed by atoms with Crippen LogP contribution in [0.2, 0.25) is 0 Å². The molecular formula is C23H27N3O2. The summed E-state index contributed by atoms with van der Waals surface area (Å²) in [6.07, 6.45) is 3.43. The molecule has 1 aliphatic carbocycles. The van der Waals surface area contributed by atoms with Crippen LogP contribution in [0.4, 0.5) is 5.69 Å². The fraction of sp³-hybridized carbons (Fsp3) is 0.391. The minimum absolute atomic E-state index is 0.0393. The fourth-order valence-corrected chi connectivity index (χ4v) is 3.97. The number of nitrogens with zero attached hydrogens (tertiary/aromatic N) is 3. The summed E-state index contributed by atoms with van der Waals surface area (Å²) in [5.74, 6) is 0.964. The first kappa shape index (κ1) is 18.7. The van der Waals surface area contributed by atoms with Crippen LogP contribution in [0, 0.1) is 5.92 Å². The highest BCUT2D eigenvalue weighted by molar-refractivity contribution is 6.11. The molecular weight excluding hydrogens is 350 g/mol. The number of benzene rings is 2. The zero-order valence-electron chi connectivity index (χ0n) is 16.6. The highest BCUT2D eigenvalue weighted by atomic mass is 16.5. The molecule has 2 aliphatic rings. The Balaban J connectivity index is 1.62. The van der Waals surface area contributed by atoms with E-state index in [1.807, 2.05) is 30.3 Å². The number of aryl methyl sites for hydroxylation is 1. The van der Waals surface area contributed by atoms with Gasteiger partial charge in [-0.2, -0.15) is 10.1 Å². The van der Waals surface area contributed by atoms with Crippen molar-refractivity contribution in [2.75, 3.05) is 32.3 Å². The van der Waals surface area contributed by atoms with Crippen LogP contribution < -0.4 is 9.75 Å². The number of rotatable bonds is 6. The van der Waals surface area contributed by atoms with Gasteiger partial charge in [-0.3, -0.25) is 4.79 Å². The standard InChI is InChI=1S/C23H27N3O2/c1-25(2)14-7-15-28-21-11-6-5-10-20(21)26-22(27)16-18-13-12-17-8-3-4-9-19(17)23(18)24-26/h3-6,8-11,18H,7,12-16H2,1-2H3. The first-order valence-corrected chi connectivity index (χ1v) is 10.00. The molecule has 28 heavy (non-hydrogen) atoms. The van der Waals surface area contributed by atoms with Gasteiger partial charge in [0.15, 0.2) is 0 Å². The summed E-state index contributed by atoms with van der Waals surface area (Å²) >= 11 is 0. The lowest BCUT2D eigenvalue weighted by molar-refractivity contribution is -0.119. The lowest BCUT2D eigenvalue weighted by Crippen LogP contribution is -2.39. The molecule has 0 fully saturated rings. The zero-order chi connectivity index (χ0) is 19.5. The number of fused-ring (bicyclic) bond motifs is 3. The van der Waals surface area contributed by atoms with Crippen LogP contribution >= 0.6 is 0 Å². The number of amides is 1. The van der Waals surface area contributed by atoms with E-state index in [9.17, 15) is 4.79 Å². The van der Waals surface area contributed by atoms with Crippen molar-refractivity contribution < 1.29 is 9.53 Å². The quantitative estimate of drug-likeness (QED) is 0.721. The van der Waals surface area contributed by atoms with E-state index in [4.69, 9.17) is 9.84 Å². The zero-order valence-corrected chi connectivity index (χ0v) is 16.6. The fourth-order valence-electron chi connectivity index (χ4n) is 3.97. The monoisotopic (exact) mass is 377 g/mol. The van der Waals surface area contributed by atoms with Crippen molar-refractivity contribution in [3.63, 3.8) is 0 Å². The van der Waals surface area contributed by atoms with Gasteiger partial charge in [0.2, 0.25) is 5.91 Å². The average molecular weight is 377 g/mol. The lowest BCUT2D eigenvalue weighted by Gasteiger charge is -2.33. The molecule has 0 N–H and O–H groups in total. The van der Waals surface area contributed by atoms with E-state index in [0.29, 0.717) is 18.8 Å². The van der Waals surface area contributed by atoms with Gasteiger partial charge in [-0.15, -0.1) is 0 Å². The van der Waals surface area contributed by atoms with Crippen molar-refractivity contribution in [2.45, 2.75) is 25.7 Å². The second kappa shape index (κ2) is 8.15. The summed E-state index contributed by atoms with van der Waals surface area (Å²) in [7, 11) is 4.10. The summed E-state index contributed by atoms with van der Waals surface area (Å²) < 4.78 is 6.00. The van der Waals surface area contributed by atoms with E-state index < -0.39 is 0 Å². The summed E-state index contributed by atoms with van der Waals surface area (Å²) in [5.41, 5.74) is 4.26. The molecule has 0 spiro atoms. The highest BCUT2D eigenvalue weighted by Crippen LogP contribution is 2.36. The van der Waals surface area contributed by atoms with Crippen molar-refractivity contribution in [2.24, 2.45) is 11.0 Å². The van der Waals surface area contributed by atoms with Crippen LogP contribution in [0.15, 0.2) is 53.6 Å². The van der Waals surface area contributed by atoms with Crippen LogP contribution in [0.25, 0.3) is 0 Å². The van der Waals surface area contributed by atoms with Crippen LogP contribution in [0.3, 0.4) is 0 Å². The molecule has 1 atom stereocenters. The third-order valence-electron chi connectivity index (χ3n) is 5.41. The van der Waals surface area contributed by atoms with Crippen molar-refractivity contribution in [1.82, 2.24) is 4.90 Å². The lowest BCUT2D eigenvalue weighted by atomic mass is 9.79. The molecule has 1 amide bonds. The van der Waals surface area contributed by atoms with Gasteiger partial charge in [-0.25, -0.2) is 0 Å². The van der Waals surface area contributed by atoms with Gasteiger partial charge in [0.1, 0.15) is 11.4 Å². The summed E-state index contributed by atoms with van der Waals surface area (Å²) in [6.45, 7) is 1.57. The number of carbonyl (C=O) groups is 1. The summed E-state index contributed by atoms with van der Waals surface area (Å²) in [6, 6.07) is 16.1. The Kier molecular flexibility index (Phi) is 5.44. The minimum Gasteiger partial charge on any atom is -0.491 e. The van der Waals surface area contributed by atoms with Gasteiger partial charge < -0.3 is 9.64 Å². The van der Waals surface area contributed by atoms with Gasteiger partial charge in [-0.1, -0.05) is 36.4 Å². The number of hydrogen-bond acceptors (Lipinski definition) is 4. The van der Waals surface area contributed by atoms with Gasteiger partial charge >= 0.3 is 0 Å². The Hall–Kier alpha value is -2.66. The molecule has 5 heteroatoms. The first-order chi connectivity index (χ1) is 13.6. The van der Waals surface area contributed by atoms with Gasteiger partial charge in [0, 0.05) is 24.4 Å². The third-order valence-corrected chi connectivity index (χ3v) is 5.41. The van der Waals surface area contributed by atoms with Gasteiger partial charge in [0.05, 0.1) is 12.3 Å². The molecule has 2 aromatic rings. The van der Waals surface area contributed by atoms with E-state index in [2.05, 4.69) is 37.2 Å². The molecule has 0 radical (unpaired) electrons. The highest BCUT2D eigenvalue weighted by Gasteiger charge is 2.35. The second-order valence-corrected chi connectivity index (χ2v) is 7.76. The number of carbonyl (C=O) groups excluding carboxylic acids is 1. The topological polar surface area (TPSA) is 45.1 Å². The van der Waals surface area contributed by atoms with Crippen LogP contribution in [0.5, 0.6) is 5.75 Å². The van der Waals surface area contributed by atoms with Gasteiger partial charge in [0.25, 0.3) is 0 Å². The minimum atomic E-state index is 0.0393. The molecule has 0 saturated carbocycles. The molecule has 1 heterocycles.